The molecular formula is C11H25N3O. The van der Waals surface area contributed by atoms with Crippen molar-refractivity contribution in [2.24, 2.45) is 11.7 Å². The van der Waals surface area contributed by atoms with Crippen molar-refractivity contribution in [3.05, 3.63) is 0 Å². The highest BCUT2D eigenvalue weighted by molar-refractivity contribution is 5.78. The van der Waals surface area contributed by atoms with Crippen molar-refractivity contribution in [2.45, 2.75) is 33.2 Å². The van der Waals surface area contributed by atoms with Gasteiger partial charge in [0, 0.05) is 18.6 Å². The molecule has 3 N–H and O–H groups in total. The molecule has 0 heterocycles. The lowest BCUT2D eigenvalue weighted by atomic mass is 10.0. The van der Waals surface area contributed by atoms with Crippen molar-refractivity contribution in [1.29, 1.82) is 0 Å². The summed E-state index contributed by atoms with van der Waals surface area (Å²) < 4.78 is 0. The molecule has 0 aromatic carbocycles. The average Bonchev–Trinajstić information content (AvgIpc) is 2.14. The Bertz CT molecular complexity index is 202. The first-order valence-electron chi connectivity index (χ1n) is 5.47. The zero-order valence-electron chi connectivity index (χ0n) is 10.6. The van der Waals surface area contributed by atoms with E-state index in [2.05, 4.69) is 19.2 Å². The monoisotopic (exact) mass is 215 g/mol. The molecule has 0 aromatic heterocycles. The Morgan fingerprint density at radius 2 is 2.00 bits per heavy atom. The van der Waals surface area contributed by atoms with Gasteiger partial charge >= 0.3 is 0 Å². The van der Waals surface area contributed by atoms with E-state index in [1.165, 1.54) is 0 Å². The fourth-order valence-electron chi connectivity index (χ4n) is 0.959. The van der Waals surface area contributed by atoms with Crippen LogP contribution in [-0.2, 0) is 4.79 Å². The summed E-state index contributed by atoms with van der Waals surface area (Å²) in [4.78, 5) is 13.5. The number of carbonyl (C=O) groups excluding carboxylic acids is 1. The highest BCUT2D eigenvalue weighted by Gasteiger charge is 2.23. The van der Waals surface area contributed by atoms with Crippen molar-refractivity contribution in [3.63, 3.8) is 0 Å². The maximum Gasteiger partial charge on any atom is 0.234 e. The van der Waals surface area contributed by atoms with Crippen LogP contribution in [0.3, 0.4) is 0 Å². The molecule has 0 aliphatic heterocycles. The van der Waals surface area contributed by atoms with Gasteiger partial charge < -0.3 is 11.1 Å². The van der Waals surface area contributed by atoms with Crippen LogP contribution in [0.15, 0.2) is 0 Å². The molecule has 90 valence electrons. The van der Waals surface area contributed by atoms with Crippen LogP contribution in [0.25, 0.3) is 0 Å². The minimum atomic E-state index is -0.130. The van der Waals surface area contributed by atoms with Gasteiger partial charge in [0.2, 0.25) is 5.91 Å². The van der Waals surface area contributed by atoms with Gasteiger partial charge in [0.25, 0.3) is 0 Å². The number of rotatable bonds is 6. The summed E-state index contributed by atoms with van der Waals surface area (Å²) in [7, 11) is 1.92. The minimum Gasteiger partial charge on any atom is -0.355 e. The Balaban J connectivity index is 3.96. The van der Waals surface area contributed by atoms with Gasteiger partial charge in [0.05, 0.1) is 6.54 Å². The topological polar surface area (TPSA) is 58.4 Å². The second-order valence-corrected chi connectivity index (χ2v) is 5.07. The smallest absolute Gasteiger partial charge is 0.234 e. The molecule has 0 spiro atoms. The molecule has 0 unspecified atom stereocenters. The van der Waals surface area contributed by atoms with E-state index < -0.39 is 0 Å². The summed E-state index contributed by atoms with van der Waals surface area (Å²) in [6, 6.07) is 0. The molecule has 0 aromatic rings. The largest absolute Gasteiger partial charge is 0.355 e. The molecule has 0 radical (unpaired) electrons. The zero-order valence-corrected chi connectivity index (χ0v) is 10.6. The van der Waals surface area contributed by atoms with Crippen LogP contribution in [0.2, 0.25) is 0 Å². The summed E-state index contributed by atoms with van der Waals surface area (Å²) >= 11 is 0. The van der Waals surface area contributed by atoms with Crippen molar-refractivity contribution in [3.8, 4) is 0 Å². The second-order valence-electron chi connectivity index (χ2n) is 5.07. The van der Waals surface area contributed by atoms with Crippen LogP contribution in [-0.4, -0.2) is 43.0 Å². The van der Waals surface area contributed by atoms with Gasteiger partial charge in [-0.15, -0.1) is 0 Å². The van der Waals surface area contributed by atoms with Crippen LogP contribution >= 0.6 is 0 Å². The van der Waals surface area contributed by atoms with Gasteiger partial charge in [-0.05, 0) is 26.8 Å². The maximum atomic E-state index is 11.5. The van der Waals surface area contributed by atoms with E-state index >= 15 is 0 Å². The quantitative estimate of drug-likeness (QED) is 0.675. The molecule has 0 aliphatic rings. The molecule has 4 heteroatoms. The number of carbonyl (C=O) groups is 1. The Morgan fingerprint density at radius 1 is 1.47 bits per heavy atom. The summed E-state index contributed by atoms with van der Waals surface area (Å²) in [6.45, 7) is 9.89. The van der Waals surface area contributed by atoms with Gasteiger partial charge in [0.1, 0.15) is 0 Å². The van der Waals surface area contributed by atoms with E-state index in [9.17, 15) is 4.79 Å². The number of hydrogen-bond donors (Lipinski definition) is 2. The van der Waals surface area contributed by atoms with Crippen LogP contribution in [0, 0.1) is 5.92 Å². The minimum absolute atomic E-state index is 0.0627. The van der Waals surface area contributed by atoms with Gasteiger partial charge in [-0.2, -0.15) is 0 Å². The van der Waals surface area contributed by atoms with Crippen molar-refractivity contribution < 1.29 is 4.79 Å². The summed E-state index contributed by atoms with van der Waals surface area (Å²) in [5.41, 5.74) is 5.50. The highest BCUT2D eigenvalue weighted by atomic mass is 16.2. The lowest BCUT2D eigenvalue weighted by Gasteiger charge is -2.33. The van der Waals surface area contributed by atoms with Gasteiger partial charge in [-0.25, -0.2) is 0 Å². The van der Waals surface area contributed by atoms with Gasteiger partial charge in [0.15, 0.2) is 0 Å². The van der Waals surface area contributed by atoms with E-state index in [0.717, 1.165) is 6.54 Å². The molecule has 0 bridgehead atoms. The third-order valence-electron chi connectivity index (χ3n) is 2.62. The molecule has 0 saturated heterocycles. The van der Waals surface area contributed by atoms with Gasteiger partial charge in [-0.3, -0.25) is 9.69 Å². The first-order chi connectivity index (χ1) is 6.79. The zero-order chi connectivity index (χ0) is 12.1. The summed E-state index contributed by atoms with van der Waals surface area (Å²) in [5.74, 6) is 0.550. The molecule has 15 heavy (non-hydrogen) atoms. The van der Waals surface area contributed by atoms with Crippen LogP contribution < -0.4 is 11.1 Å². The number of hydrogen-bond acceptors (Lipinski definition) is 3. The molecule has 0 saturated carbocycles. The van der Waals surface area contributed by atoms with Crippen molar-refractivity contribution in [2.75, 3.05) is 26.7 Å². The molecule has 0 rings (SSSR count). The van der Waals surface area contributed by atoms with Gasteiger partial charge in [-0.1, -0.05) is 13.8 Å². The number of nitrogens with one attached hydrogen (secondary N) is 1. The van der Waals surface area contributed by atoms with E-state index in [-0.39, 0.29) is 11.4 Å². The van der Waals surface area contributed by atoms with Crippen molar-refractivity contribution >= 4 is 5.91 Å². The van der Waals surface area contributed by atoms with Crippen LogP contribution in [0.1, 0.15) is 27.7 Å². The Hall–Kier alpha value is -0.610. The SMILES string of the molecule is CC(C)CNC(=O)CN(C)C(C)(C)CN. The predicted molar refractivity (Wildman–Crippen MR) is 63.6 cm³/mol. The normalized spacial score (nSPS) is 12.3. The summed E-state index contributed by atoms with van der Waals surface area (Å²) in [5, 5.41) is 2.89. The maximum absolute atomic E-state index is 11.5. The number of likely N-dealkylation sites (N-methyl/N-ethyl adjacent to an activating group) is 1. The van der Waals surface area contributed by atoms with E-state index in [1.807, 2.05) is 25.8 Å². The first kappa shape index (κ1) is 14.4. The number of amides is 1. The highest BCUT2D eigenvalue weighted by Crippen LogP contribution is 2.08. The fourth-order valence-corrected chi connectivity index (χ4v) is 0.959. The molecule has 1 amide bonds. The van der Waals surface area contributed by atoms with E-state index in [0.29, 0.717) is 19.0 Å². The molecule has 0 aliphatic carbocycles. The van der Waals surface area contributed by atoms with Crippen LogP contribution in [0.4, 0.5) is 0 Å². The molecule has 0 atom stereocenters. The molecule has 4 nitrogen and oxygen atoms in total. The van der Waals surface area contributed by atoms with E-state index in [4.69, 9.17) is 5.73 Å². The fraction of sp³-hybridized carbons (Fsp3) is 0.909. The Kier molecular flexibility index (Phi) is 5.83. The van der Waals surface area contributed by atoms with Crippen LogP contribution in [0.5, 0.6) is 0 Å². The standard InChI is InChI=1S/C11H25N3O/c1-9(2)6-13-10(15)7-14(5)11(3,4)8-12/h9H,6-8,12H2,1-5H3,(H,13,15). The van der Waals surface area contributed by atoms with E-state index in [1.54, 1.807) is 0 Å². The number of nitrogens with zero attached hydrogens (tertiary/aromatic N) is 1. The molecule has 0 fully saturated rings. The van der Waals surface area contributed by atoms with Crippen molar-refractivity contribution in [1.82, 2.24) is 10.2 Å². The third kappa shape index (κ3) is 5.74. The lowest BCUT2D eigenvalue weighted by molar-refractivity contribution is -0.123. The number of nitrogens with two attached hydrogens (primary N) is 1. The Labute approximate surface area is 93.2 Å². The molecular weight excluding hydrogens is 190 g/mol. The predicted octanol–water partition coefficient (Wildman–Crippen LogP) is 0.428. The third-order valence-corrected chi connectivity index (χ3v) is 2.62. The average molecular weight is 215 g/mol. The lowest BCUT2D eigenvalue weighted by Crippen LogP contribution is -2.51. The summed E-state index contributed by atoms with van der Waals surface area (Å²) in [6.07, 6.45) is 0. The Morgan fingerprint density at radius 3 is 2.40 bits per heavy atom. The first-order valence-corrected chi connectivity index (χ1v) is 5.47. The second kappa shape index (κ2) is 6.08.